The standard InChI is InChI=1S/C42H57N5O4/c1-25-29(14-11-15-34(25)30-18-31(20-33(19-30)46(6)7)40(49)44-17-16-28-12-9-8-10-13-28)24-47-39(38(27(3)48)37(23-43)51-47)41(50)45-36-22-32-21-35(26(36)2)42(32,4)5/h8-15,18-20,26-27,32,35-39,48H,16-17,21-24,43H2,1-7H3,(H,44,49)(H,45,50)/t26-,27-,32-,35+,36?,37-,38+,39-/m0/s1. The lowest BCUT2D eigenvalue weighted by atomic mass is 9.45. The van der Waals surface area contributed by atoms with E-state index in [1.165, 1.54) is 12.0 Å². The number of rotatable bonds is 12. The van der Waals surface area contributed by atoms with E-state index >= 15 is 0 Å². The summed E-state index contributed by atoms with van der Waals surface area (Å²) < 4.78 is 0. The number of hydroxylamine groups is 2. The molecule has 274 valence electrons. The Morgan fingerprint density at radius 2 is 1.82 bits per heavy atom. The molecule has 5 N–H and O–H groups in total. The molecule has 3 aromatic carbocycles. The van der Waals surface area contributed by atoms with Gasteiger partial charge < -0.3 is 26.4 Å². The molecule has 4 aliphatic rings. The van der Waals surface area contributed by atoms with E-state index in [1.807, 2.05) is 55.4 Å². The third-order valence-electron chi connectivity index (χ3n) is 12.4. The van der Waals surface area contributed by atoms with Gasteiger partial charge in [-0.25, -0.2) is 0 Å². The highest BCUT2D eigenvalue weighted by atomic mass is 16.7. The van der Waals surface area contributed by atoms with Crippen molar-refractivity contribution in [3.63, 3.8) is 0 Å². The molecule has 51 heavy (non-hydrogen) atoms. The van der Waals surface area contributed by atoms with Crippen molar-refractivity contribution < 1.29 is 19.5 Å². The van der Waals surface area contributed by atoms with Crippen LogP contribution in [-0.4, -0.2) is 73.5 Å². The number of hydrogen-bond acceptors (Lipinski definition) is 7. The maximum Gasteiger partial charge on any atom is 0.251 e. The number of aliphatic hydroxyl groups excluding tert-OH is 1. The van der Waals surface area contributed by atoms with Crippen LogP contribution in [0.2, 0.25) is 0 Å². The van der Waals surface area contributed by atoms with E-state index in [1.54, 1.807) is 12.0 Å². The van der Waals surface area contributed by atoms with Gasteiger partial charge in [-0.15, -0.1) is 0 Å². The molecule has 0 spiro atoms. The van der Waals surface area contributed by atoms with Crippen LogP contribution in [0.5, 0.6) is 0 Å². The van der Waals surface area contributed by atoms with Crippen molar-refractivity contribution >= 4 is 17.5 Å². The fourth-order valence-corrected chi connectivity index (χ4v) is 9.09. The van der Waals surface area contributed by atoms with Gasteiger partial charge >= 0.3 is 0 Å². The number of nitrogens with zero attached hydrogens (tertiary/aromatic N) is 2. The largest absolute Gasteiger partial charge is 0.393 e. The maximum atomic E-state index is 14.2. The summed E-state index contributed by atoms with van der Waals surface area (Å²) in [6.45, 7) is 11.9. The minimum Gasteiger partial charge on any atom is -0.393 e. The highest BCUT2D eigenvalue weighted by Crippen LogP contribution is 2.61. The predicted octanol–water partition coefficient (Wildman–Crippen LogP) is 5.33. The quantitative estimate of drug-likeness (QED) is 0.202. The molecule has 1 unspecified atom stereocenters. The highest BCUT2D eigenvalue weighted by Gasteiger charge is 2.57. The van der Waals surface area contributed by atoms with Gasteiger partial charge in [0.15, 0.2) is 0 Å². The van der Waals surface area contributed by atoms with E-state index in [-0.39, 0.29) is 24.4 Å². The molecular formula is C42H57N5O4. The van der Waals surface area contributed by atoms with Crippen LogP contribution in [0.25, 0.3) is 11.1 Å². The molecule has 3 saturated carbocycles. The molecule has 0 radical (unpaired) electrons. The molecule has 4 fully saturated rings. The van der Waals surface area contributed by atoms with Gasteiger partial charge in [0.2, 0.25) is 5.91 Å². The zero-order valence-electron chi connectivity index (χ0n) is 31.4. The van der Waals surface area contributed by atoms with Gasteiger partial charge in [0.05, 0.1) is 18.8 Å². The van der Waals surface area contributed by atoms with Gasteiger partial charge in [0.1, 0.15) is 6.04 Å². The third-order valence-corrected chi connectivity index (χ3v) is 12.4. The van der Waals surface area contributed by atoms with Crippen molar-refractivity contribution in [2.45, 2.75) is 84.7 Å². The van der Waals surface area contributed by atoms with Crippen LogP contribution in [0.3, 0.4) is 0 Å². The zero-order chi connectivity index (χ0) is 36.6. The molecule has 2 amide bonds. The Morgan fingerprint density at radius 3 is 2.47 bits per heavy atom. The molecule has 1 saturated heterocycles. The topological polar surface area (TPSA) is 120 Å². The Balaban J connectivity index is 1.24. The second-order valence-corrected chi connectivity index (χ2v) is 16.0. The summed E-state index contributed by atoms with van der Waals surface area (Å²) in [5.74, 6) is 0.897. The Bertz CT molecular complexity index is 1710. The Morgan fingerprint density at radius 1 is 1.08 bits per heavy atom. The molecule has 3 aromatic rings. The number of aliphatic hydroxyl groups is 1. The fourth-order valence-electron chi connectivity index (χ4n) is 9.09. The molecular weight excluding hydrogens is 638 g/mol. The number of nitrogens with two attached hydrogens (primary N) is 1. The number of anilines is 1. The highest BCUT2D eigenvalue weighted by molar-refractivity contribution is 5.97. The molecule has 3 aliphatic carbocycles. The molecule has 1 heterocycles. The van der Waals surface area contributed by atoms with Gasteiger partial charge in [-0.1, -0.05) is 69.3 Å². The first kappa shape index (κ1) is 37.0. The summed E-state index contributed by atoms with van der Waals surface area (Å²) in [6, 6.07) is 21.6. The summed E-state index contributed by atoms with van der Waals surface area (Å²) >= 11 is 0. The zero-order valence-corrected chi connectivity index (χ0v) is 31.4. The number of fused-ring (bicyclic) bond motifs is 2. The van der Waals surface area contributed by atoms with Crippen molar-refractivity contribution in [1.82, 2.24) is 15.7 Å². The summed E-state index contributed by atoms with van der Waals surface area (Å²) in [7, 11) is 3.94. The van der Waals surface area contributed by atoms with Crippen LogP contribution in [0, 0.1) is 36.0 Å². The second-order valence-electron chi connectivity index (χ2n) is 16.0. The molecule has 2 bridgehead atoms. The maximum absolute atomic E-state index is 14.2. The number of amides is 2. The number of carbonyl (C=O) groups is 2. The van der Waals surface area contributed by atoms with Crippen molar-refractivity contribution in [3.05, 3.63) is 89.0 Å². The Kier molecular flexibility index (Phi) is 10.9. The molecule has 8 atom stereocenters. The Hall–Kier alpha value is -3.76. The monoisotopic (exact) mass is 695 g/mol. The van der Waals surface area contributed by atoms with E-state index in [0.717, 1.165) is 40.8 Å². The average Bonchev–Trinajstić information content (AvgIpc) is 3.48. The van der Waals surface area contributed by atoms with Crippen LogP contribution in [-0.2, 0) is 22.6 Å². The number of nitrogens with one attached hydrogen (secondary N) is 2. The summed E-state index contributed by atoms with van der Waals surface area (Å²) in [6.07, 6.45) is 1.70. The van der Waals surface area contributed by atoms with E-state index in [2.05, 4.69) is 68.7 Å². The lowest BCUT2D eigenvalue weighted by Gasteiger charge is -2.62. The molecule has 9 nitrogen and oxygen atoms in total. The third kappa shape index (κ3) is 7.45. The lowest BCUT2D eigenvalue weighted by Crippen LogP contribution is -2.62. The second kappa shape index (κ2) is 15.1. The Labute approximate surface area is 303 Å². The van der Waals surface area contributed by atoms with Crippen molar-refractivity contribution in [2.24, 2.45) is 34.8 Å². The van der Waals surface area contributed by atoms with Gasteiger partial charge in [-0.2, -0.15) is 5.06 Å². The molecule has 1 aliphatic heterocycles. The smallest absolute Gasteiger partial charge is 0.251 e. The van der Waals surface area contributed by atoms with Crippen LogP contribution >= 0.6 is 0 Å². The summed E-state index contributed by atoms with van der Waals surface area (Å²) in [4.78, 5) is 36.0. The minimum absolute atomic E-state index is 0.0986. The van der Waals surface area contributed by atoms with E-state index < -0.39 is 24.2 Å². The summed E-state index contributed by atoms with van der Waals surface area (Å²) in [5, 5.41) is 19.2. The van der Waals surface area contributed by atoms with Crippen molar-refractivity contribution in [3.8, 4) is 11.1 Å². The van der Waals surface area contributed by atoms with Crippen LogP contribution in [0.4, 0.5) is 5.69 Å². The molecule has 7 rings (SSSR count). The normalized spacial score (nSPS) is 27.4. The first-order valence-electron chi connectivity index (χ1n) is 18.7. The lowest BCUT2D eigenvalue weighted by molar-refractivity contribution is -0.175. The first-order chi connectivity index (χ1) is 24.3. The summed E-state index contributed by atoms with van der Waals surface area (Å²) in [5.41, 5.74) is 13.1. The predicted molar refractivity (Wildman–Crippen MR) is 203 cm³/mol. The van der Waals surface area contributed by atoms with Crippen molar-refractivity contribution in [1.29, 1.82) is 0 Å². The van der Waals surface area contributed by atoms with E-state index in [9.17, 15) is 14.7 Å². The van der Waals surface area contributed by atoms with E-state index in [4.69, 9.17) is 10.6 Å². The number of benzene rings is 3. The number of carbonyl (C=O) groups excluding carboxylic acids is 2. The van der Waals surface area contributed by atoms with Gasteiger partial charge in [-0.05, 0) is 102 Å². The van der Waals surface area contributed by atoms with Gasteiger partial charge in [-0.3, -0.25) is 14.4 Å². The van der Waals surface area contributed by atoms with Crippen molar-refractivity contribution in [2.75, 3.05) is 32.1 Å². The molecule has 9 heteroatoms. The SMILES string of the molecule is Cc1c(CN2O[C@@H](CN)[C@@H]([C@H](C)O)[C@H]2C(=O)NC2C[C@@H]3C[C@H]([C@@H]2C)C3(C)C)cccc1-c1cc(C(=O)NCCc2ccccc2)cc(N(C)C)c1. The van der Waals surface area contributed by atoms with Gasteiger partial charge in [0, 0.05) is 50.4 Å². The van der Waals surface area contributed by atoms with Crippen LogP contribution in [0.15, 0.2) is 66.7 Å². The minimum atomic E-state index is -0.783. The van der Waals surface area contributed by atoms with E-state index in [0.29, 0.717) is 41.8 Å². The first-order valence-corrected chi connectivity index (χ1v) is 18.7. The van der Waals surface area contributed by atoms with Crippen LogP contribution < -0.4 is 21.3 Å². The van der Waals surface area contributed by atoms with Gasteiger partial charge in [0.25, 0.3) is 5.91 Å². The fraction of sp³-hybridized carbons (Fsp3) is 0.524. The number of hydrogen-bond donors (Lipinski definition) is 4. The molecule has 0 aromatic heterocycles. The average molecular weight is 696 g/mol. The van der Waals surface area contributed by atoms with Crippen LogP contribution in [0.1, 0.15) is 67.6 Å².